The van der Waals surface area contributed by atoms with Gasteiger partial charge in [-0.2, -0.15) is 0 Å². The molecule has 0 heterocycles. The van der Waals surface area contributed by atoms with Gasteiger partial charge in [0.1, 0.15) is 5.25 Å². The zero-order valence-electron chi connectivity index (χ0n) is 9.66. The molecule has 0 radical (unpaired) electrons. The predicted molar refractivity (Wildman–Crippen MR) is 63.5 cm³/mol. The molecule has 0 aliphatic rings. The Kier molecular flexibility index (Phi) is 4.07. The van der Waals surface area contributed by atoms with E-state index in [4.69, 9.17) is 0 Å². The molecule has 4 nitrogen and oxygen atoms in total. The number of sulfonamides is 1. The minimum Gasteiger partial charge on any atom is -0.387 e. The monoisotopic (exact) mass is 243 g/mol. The minimum atomic E-state index is -3.44. The molecule has 1 aromatic carbocycles. The molecule has 1 aromatic rings. The fourth-order valence-electron chi connectivity index (χ4n) is 1.42. The zero-order chi connectivity index (χ0) is 12.3. The van der Waals surface area contributed by atoms with Crippen molar-refractivity contribution in [1.82, 2.24) is 4.31 Å². The van der Waals surface area contributed by atoms with Gasteiger partial charge in [0.15, 0.2) is 0 Å². The van der Waals surface area contributed by atoms with E-state index < -0.39 is 21.4 Å². The van der Waals surface area contributed by atoms with Gasteiger partial charge in [-0.15, -0.1) is 0 Å². The third-order valence-electron chi connectivity index (χ3n) is 2.56. The smallest absolute Gasteiger partial charge is 0.219 e. The number of hydrogen-bond acceptors (Lipinski definition) is 3. The first kappa shape index (κ1) is 13.2. The lowest BCUT2D eigenvalue weighted by atomic mass is 10.1. The van der Waals surface area contributed by atoms with Crippen LogP contribution in [0.5, 0.6) is 0 Å². The number of aliphatic hydroxyl groups excluding tert-OH is 1. The molecule has 0 aliphatic carbocycles. The largest absolute Gasteiger partial charge is 0.387 e. The Labute approximate surface area is 96.6 Å². The summed E-state index contributed by atoms with van der Waals surface area (Å²) in [6, 6.07) is 8.79. The van der Waals surface area contributed by atoms with Crippen LogP contribution < -0.4 is 0 Å². The minimum absolute atomic E-state index is 0.612. The van der Waals surface area contributed by atoms with Crippen molar-refractivity contribution >= 4 is 10.0 Å². The van der Waals surface area contributed by atoms with Crippen LogP contribution in [-0.2, 0) is 10.0 Å². The number of benzene rings is 1. The van der Waals surface area contributed by atoms with E-state index in [1.54, 1.807) is 24.3 Å². The molecule has 0 amide bonds. The molecule has 16 heavy (non-hydrogen) atoms. The highest BCUT2D eigenvalue weighted by molar-refractivity contribution is 7.89. The van der Waals surface area contributed by atoms with Crippen LogP contribution in [0.2, 0.25) is 0 Å². The van der Waals surface area contributed by atoms with Gasteiger partial charge in [-0.05, 0) is 12.5 Å². The maximum Gasteiger partial charge on any atom is 0.219 e. The van der Waals surface area contributed by atoms with Crippen molar-refractivity contribution in [3.05, 3.63) is 35.9 Å². The second-order valence-corrected chi connectivity index (χ2v) is 6.39. The van der Waals surface area contributed by atoms with Crippen molar-refractivity contribution in [2.45, 2.75) is 18.3 Å². The summed E-state index contributed by atoms with van der Waals surface area (Å²) in [6.45, 7) is 1.51. The van der Waals surface area contributed by atoms with Crippen molar-refractivity contribution in [1.29, 1.82) is 0 Å². The molecule has 2 atom stereocenters. The quantitative estimate of drug-likeness (QED) is 0.858. The molecule has 0 aliphatic heterocycles. The fourth-order valence-corrected chi connectivity index (χ4v) is 2.56. The highest BCUT2D eigenvalue weighted by Crippen LogP contribution is 2.22. The van der Waals surface area contributed by atoms with Crippen molar-refractivity contribution in [2.24, 2.45) is 0 Å². The lowest BCUT2D eigenvalue weighted by Gasteiger charge is -2.22. The second kappa shape index (κ2) is 4.95. The van der Waals surface area contributed by atoms with Gasteiger partial charge < -0.3 is 5.11 Å². The summed E-state index contributed by atoms with van der Waals surface area (Å²) in [7, 11) is -0.517. The Bertz CT molecular complexity index is 428. The molecule has 0 saturated heterocycles. The van der Waals surface area contributed by atoms with Gasteiger partial charge in [0.05, 0.1) is 6.10 Å². The Morgan fingerprint density at radius 2 is 1.69 bits per heavy atom. The van der Waals surface area contributed by atoms with E-state index >= 15 is 0 Å². The van der Waals surface area contributed by atoms with E-state index in [2.05, 4.69) is 0 Å². The van der Waals surface area contributed by atoms with Crippen molar-refractivity contribution in [3.8, 4) is 0 Å². The lowest BCUT2D eigenvalue weighted by Crippen LogP contribution is -2.35. The number of nitrogens with zero attached hydrogens (tertiary/aromatic N) is 1. The van der Waals surface area contributed by atoms with Gasteiger partial charge in [-0.25, -0.2) is 12.7 Å². The second-order valence-electron chi connectivity index (χ2n) is 3.89. The molecule has 0 saturated carbocycles. The molecule has 0 fully saturated rings. The first-order valence-corrected chi connectivity index (χ1v) is 6.52. The Morgan fingerprint density at radius 1 is 1.19 bits per heavy atom. The molecule has 1 rings (SSSR count). The van der Waals surface area contributed by atoms with E-state index in [9.17, 15) is 13.5 Å². The topological polar surface area (TPSA) is 57.6 Å². The van der Waals surface area contributed by atoms with Crippen molar-refractivity contribution in [3.63, 3.8) is 0 Å². The molecule has 0 bridgehead atoms. The molecule has 1 N–H and O–H groups in total. The van der Waals surface area contributed by atoms with E-state index in [0.717, 1.165) is 4.31 Å². The summed E-state index contributed by atoms with van der Waals surface area (Å²) >= 11 is 0. The molecule has 0 aromatic heterocycles. The fraction of sp³-hybridized carbons (Fsp3) is 0.455. The van der Waals surface area contributed by atoms with Gasteiger partial charge in [-0.1, -0.05) is 30.3 Å². The summed E-state index contributed by atoms with van der Waals surface area (Å²) in [5.41, 5.74) is 0.612. The lowest BCUT2D eigenvalue weighted by molar-refractivity contribution is 0.174. The first-order chi connectivity index (χ1) is 7.37. The van der Waals surface area contributed by atoms with Gasteiger partial charge in [-0.3, -0.25) is 0 Å². The van der Waals surface area contributed by atoms with Gasteiger partial charge >= 0.3 is 0 Å². The number of rotatable bonds is 4. The summed E-state index contributed by atoms with van der Waals surface area (Å²) in [6.07, 6.45) is -1.01. The van der Waals surface area contributed by atoms with Crippen LogP contribution in [0, 0.1) is 0 Å². The molecule has 0 unspecified atom stereocenters. The third kappa shape index (κ3) is 2.61. The van der Waals surface area contributed by atoms with Crippen LogP contribution >= 0.6 is 0 Å². The highest BCUT2D eigenvalue weighted by atomic mass is 32.2. The Morgan fingerprint density at radius 3 is 2.12 bits per heavy atom. The number of aliphatic hydroxyl groups is 1. The van der Waals surface area contributed by atoms with E-state index in [0.29, 0.717) is 5.56 Å². The molecule has 5 heteroatoms. The summed E-state index contributed by atoms with van der Waals surface area (Å²) in [5.74, 6) is 0. The van der Waals surface area contributed by atoms with E-state index in [1.165, 1.54) is 21.0 Å². The maximum absolute atomic E-state index is 11.8. The molecular weight excluding hydrogens is 226 g/mol. The standard InChI is InChI=1S/C11H17NO3S/c1-9(16(14,15)12(2)3)11(13)10-7-5-4-6-8-10/h4-9,11,13H,1-3H3/t9-,11-/m0/s1. The van der Waals surface area contributed by atoms with Crippen molar-refractivity contribution in [2.75, 3.05) is 14.1 Å². The van der Waals surface area contributed by atoms with Crippen LogP contribution in [0.15, 0.2) is 30.3 Å². The summed E-state index contributed by atoms with van der Waals surface area (Å²) < 4.78 is 24.8. The molecule has 0 spiro atoms. The summed E-state index contributed by atoms with van der Waals surface area (Å²) in [4.78, 5) is 0. The van der Waals surface area contributed by atoms with Crippen LogP contribution in [0.1, 0.15) is 18.6 Å². The van der Waals surface area contributed by atoms with Crippen LogP contribution in [0.25, 0.3) is 0 Å². The van der Waals surface area contributed by atoms with Crippen molar-refractivity contribution < 1.29 is 13.5 Å². The Hall–Kier alpha value is -0.910. The summed E-state index contributed by atoms with van der Waals surface area (Å²) in [5, 5.41) is 9.11. The third-order valence-corrected chi connectivity index (χ3v) is 4.78. The number of hydrogen-bond donors (Lipinski definition) is 1. The first-order valence-electron chi connectivity index (χ1n) is 5.01. The molecule has 90 valence electrons. The maximum atomic E-state index is 11.8. The van der Waals surface area contributed by atoms with E-state index in [-0.39, 0.29) is 0 Å². The predicted octanol–water partition coefficient (Wildman–Crippen LogP) is 1.000. The highest BCUT2D eigenvalue weighted by Gasteiger charge is 2.30. The average Bonchev–Trinajstić information content (AvgIpc) is 2.28. The normalized spacial score (nSPS) is 16.1. The van der Waals surface area contributed by atoms with Crippen LogP contribution in [0.4, 0.5) is 0 Å². The zero-order valence-corrected chi connectivity index (χ0v) is 10.5. The Balaban J connectivity index is 2.96. The van der Waals surface area contributed by atoms with E-state index in [1.807, 2.05) is 6.07 Å². The van der Waals surface area contributed by atoms with Crippen LogP contribution in [-0.4, -0.2) is 37.2 Å². The SMILES string of the molecule is C[C@@H]([C@H](O)c1ccccc1)S(=O)(=O)N(C)C. The van der Waals surface area contributed by atoms with Crippen LogP contribution in [0.3, 0.4) is 0 Å². The van der Waals surface area contributed by atoms with Gasteiger partial charge in [0.25, 0.3) is 0 Å². The average molecular weight is 243 g/mol. The van der Waals surface area contributed by atoms with Gasteiger partial charge in [0, 0.05) is 14.1 Å². The van der Waals surface area contributed by atoms with Gasteiger partial charge in [0.2, 0.25) is 10.0 Å². The molecular formula is C11H17NO3S.